The van der Waals surface area contributed by atoms with Crippen LogP contribution in [0.4, 0.5) is 5.82 Å². The number of anilines is 1. The van der Waals surface area contributed by atoms with Crippen molar-refractivity contribution in [3.05, 3.63) is 18.1 Å². The fraction of sp³-hybridized carbons (Fsp3) is 0.733. The van der Waals surface area contributed by atoms with E-state index in [1.54, 1.807) is 6.33 Å². The molecule has 0 spiro atoms. The Morgan fingerprint density at radius 2 is 1.67 bits per heavy atom. The maximum absolute atomic E-state index is 4.52. The van der Waals surface area contributed by atoms with Crippen LogP contribution in [-0.2, 0) is 6.42 Å². The molecule has 0 fully saturated rings. The van der Waals surface area contributed by atoms with Crippen molar-refractivity contribution in [2.75, 3.05) is 18.0 Å². The molecule has 102 valence electrons. The van der Waals surface area contributed by atoms with Crippen LogP contribution in [0, 0.1) is 0 Å². The molecule has 0 amide bonds. The molecule has 1 aromatic rings. The highest BCUT2D eigenvalue weighted by Gasteiger charge is 2.11. The van der Waals surface area contributed by atoms with Gasteiger partial charge >= 0.3 is 0 Å². The maximum atomic E-state index is 4.52. The Hall–Kier alpha value is -1.12. The average molecular weight is 249 g/mol. The molecule has 1 aromatic heterocycles. The Morgan fingerprint density at radius 3 is 2.22 bits per heavy atom. The number of aryl methyl sites for hydroxylation is 1. The molecule has 0 unspecified atom stereocenters. The largest absolute Gasteiger partial charge is 0.356 e. The van der Waals surface area contributed by atoms with Crippen LogP contribution in [0.5, 0.6) is 0 Å². The summed E-state index contributed by atoms with van der Waals surface area (Å²) in [7, 11) is 0. The molecule has 1 heterocycles. The standard InChI is InChI=1S/C15H27N3/c1-4-7-10-18(11-8-5-2)15-14(9-6-3)12-16-13-17-15/h12-13H,4-11H2,1-3H3. The van der Waals surface area contributed by atoms with Crippen LogP contribution >= 0.6 is 0 Å². The number of nitrogens with zero attached hydrogens (tertiary/aromatic N) is 3. The molecule has 0 aromatic carbocycles. The summed E-state index contributed by atoms with van der Waals surface area (Å²) < 4.78 is 0. The molecule has 18 heavy (non-hydrogen) atoms. The number of hydrogen-bond donors (Lipinski definition) is 0. The first kappa shape index (κ1) is 14.9. The molecule has 0 saturated carbocycles. The third-order valence-electron chi connectivity index (χ3n) is 3.15. The van der Waals surface area contributed by atoms with Crippen LogP contribution in [0.15, 0.2) is 12.5 Å². The van der Waals surface area contributed by atoms with Crippen LogP contribution in [0.2, 0.25) is 0 Å². The van der Waals surface area contributed by atoms with Gasteiger partial charge in [0.25, 0.3) is 0 Å². The first-order valence-electron chi connectivity index (χ1n) is 7.37. The summed E-state index contributed by atoms with van der Waals surface area (Å²) in [6, 6.07) is 0. The van der Waals surface area contributed by atoms with Crippen molar-refractivity contribution in [1.29, 1.82) is 0 Å². The molecular weight excluding hydrogens is 222 g/mol. The molecule has 0 aliphatic rings. The van der Waals surface area contributed by atoms with Crippen molar-refractivity contribution < 1.29 is 0 Å². The summed E-state index contributed by atoms with van der Waals surface area (Å²) in [6.07, 6.45) is 10.8. The highest BCUT2D eigenvalue weighted by molar-refractivity contribution is 5.45. The van der Waals surface area contributed by atoms with Gasteiger partial charge in [-0.15, -0.1) is 0 Å². The van der Waals surface area contributed by atoms with Gasteiger partial charge in [-0.1, -0.05) is 40.0 Å². The second kappa shape index (κ2) is 8.90. The number of aromatic nitrogens is 2. The predicted octanol–water partition coefficient (Wildman–Crippen LogP) is 3.84. The normalized spacial score (nSPS) is 10.6. The van der Waals surface area contributed by atoms with E-state index in [9.17, 15) is 0 Å². The van der Waals surface area contributed by atoms with Crippen molar-refractivity contribution in [2.45, 2.75) is 59.3 Å². The van der Waals surface area contributed by atoms with Crippen LogP contribution in [0.1, 0.15) is 58.4 Å². The average Bonchev–Trinajstić information content (AvgIpc) is 2.40. The summed E-state index contributed by atoms with van der Waals surface area (Å²) in [5, 5.41) is 0. The van der Waals surface area contributed by atoms with E-state index in [1.165, 1.54) is 31.2 Å². The van der Waals surface area contributed by atoms with Gasteiger partial charge < -0.3 is 4.90 Å². The zero-order chi connectivity index (χ0) is 13.2. The second-order valence-electron chi connectivity index (χ2n) is 4.82. The molecule has 0 bridgehead atoms. The predicted molar refractivity (Wildman–Crippen MR) is 78.1 cm³/mol. The minimum Gasteiger partial charge on any atom is -0.356 e. The molecule has 0 saturated heterocycles. The van der Waals surface area contributed by atoms with E-state index >= 15 is 0 Å². The molecule has 1 rings (SSSR count). The fourth-order valence-corrected chi connectivity index (χ4v) is 2.10. The lowest BCUT2D eigenvalue weighted by Gasteiger charge is -2.25. The number of hydrogen-bond acceptors (Lipinski definition) is 3. The van der Waals surface area contributed by atoms with Gasteiger partial charge in [0.05, 0.1) is 0 Å². The van der Waals surface area contributed by atoms with E-state index in [-0.39, 0.29) is 0 Å². The van der Waals surface area contributed by atoms with Crippen LogP contribution < -0.4 is 4.90 Å². The Kier molecular flexibility index (Phi) is 7.38. The van der Waals surface area contributed by atoms with Crippen molar-refractivity contribution in [3.8, 4) is 0 Å². The topological polar surface area (TPSA) is 29.0 Å². The van der Waals surface area contributed by atoms with Crippen LogP contribution in [0.3, 0.4) is 0 Å². The van der Waals surface area contributed by atoms with Gasteiger partial charge in [-0.25, -0.2) is 9.97 Å². The van der Waals surface area contributed by atoms with Gasteiger partial charge in [0.15, 0.2) is 0 Å². The lowest BCUT2D eigenvalue weighted by atomic mass is 10.1. The van der Waals surface area contributed by atoms with Crippen molar-refractivity contribution >= 4 is 5.82 Å². The molecule has 0 atom stereocenters. The van der Waals surface area contributed by atoms with E-state index < -0.39 is 0 Å². The van der Waals surface area contributed by atoms with E-state index in [0.717, 1.165) is 31.7 Å². The lowest BCUT2D eigenvalue weighted by Crippen LogP contribution is -2.27. The third kappa shape index (κ3) is 4.63. The molecular formula is C15H27N3. The first-order chi connectivity index (χ1) is 8.83. The van der Waals surface area contributed by atoms with Crippen LogP contribution in [0.25, 0.3) is 0 Å². The summed E-state index contributed by atoms with van der Waals surface area (Å²) in [6.45, 7) is 8.92. The van der Waals surface area contributed by atoms with Gasteiger partial charge in [-0.3, -0.25) is 0 Å². The van der Waals surface area contributed by atoms with Gasteiger partial charge in [0.2, 0.25) is 0 Å². The monoisotopic (exact) mass is 249 g/mol. The van der Waals surface area contributed by atoms with Crippen LogP contribution in [-0.4, -0.2) is 23.1 Å². The van der Waals surface area contributed by atoms with E-state index in [0.29, 0.717) is 0 Å². The lowest BCUT2D eigenvalue weighted by molar-refractivity contribution is 0.665. The van der Waals surface area contributed by atoms with Gasteiger partial charge in [0.1, 0.15) is 12.1 Å². The summed E-state index contributed by atoms with van der Waals surface area (Å²) in [4.78, 5) is 11.1. The highest BCUT2D eigenvalue weighted by Crippen LogP contribution is 2.19. The van der Waals surface area contributed by atoms with E-state index in [1.807, 2.05) is 6.20 Å². The zero-order valence-electron chi connectivity index (χ0n) is 12.2. The smallest absolute Gasteiger partial charge is 0.135 e. The Morgan fingerprint density at radius 1 is 1.00 bits per heavy atom. The maximum Gasteiger partial charge on any atom is 0.135 e. The van der Waals surface area contributed by atoms with Gasteiger partial charge in [-0.2, -0.15) is 0 Å². The van der Waals surface area contributed by atoms with Gasteiger partial charge in [-0.05, 0) is 19.3 Å². The minimum atomic E-state index is 1.07. The zero-order valence-corrected chi connectivity index (χ0v) is 12.2. The summed E-state index contributed by atoms with van der Waals surface area (Å²) in [5.41, 5.74) is 1.30. The molecule has 0 radical (unpaired) electrons. The Labute approximate surface area is 112 Å². The Bertz CT molecular complexity index is 317. The summed E-state index contributed by atoms with van der Waals surface area (Å²) >= 11 is 0. The first-order valence-corrected chi connectivity index (χ1v) is 7.37. The molecule has 3 heteroatoms. The second-order valence-corrected chi connectivity index (χ2v) is 4.82. The Balaban J connectivity index is 2.81. The molecule has 0 aliphatic carbocycles. The van der Waals surface area contributed by atoms with Gasteiger partial charge in [0, 0.05) is 24.8 Å². The fourth-order valence-electron chi connectivity index (χ4n) is 2.10. The van der Waals surface area contributed by atoms with E-state index in [2.05, 4.69) is 35.6 Å². The third-order valence-corrected chi connectivity index (χ3v) is 3.15. The highest BCUT2D eigenvalue weighted by atomic mass is 15.2. The molecule has 3 nitrogen and oxygen atoms in total. The molecule has 0 N–H and O–H groups in total. The number of rotatable bonds is 9. The number of unbranched alkanes of at least 4 members (excludes halogenated alkanes) is 2. The SMILES string of the molecule is CCCCN(CCCC)c1ncncc1CCC. The minimum absolute atomic E-state index is 1.07. The van der Waals surface area contributed by atoms with Crippen molar-refractivity contribution in [3.63, 3.8) is 0 Å². The summed E-state index contributed by atoms with van der Waals surface area (Å²) in [5.74, 6) is 1.16. The quantitative estimate of drug-likeness (QED) is 0.666. The van der Waals surface area contributed by atoms with E-state index in [4.69, 9.17) is 0 Å². The van der Waals surface area contributed by atoms with Crippen molar-refractivity contribution in [1.82, 2.24) is 9.97 Å². The molecule has 0 aliphatic heterocycles. The van der Waals surface area contributed by atoms with Crippen molar-refractivity contribution in [2.24, 2.45) is 0 Å².